The molecule has 0 aromatic heterocycles. The van der Waals surface area contributed by atoms with Crippen molar-refractivity contribution in [2.24, 2.45) is 11.5 Å². The Morgan fingerprint density at radius 3 is 2.55 bits per heavy atom. The van der Waals surface area contributed by atoms with Gasteiger partial charge in [0, 0.05) is 0 Å². The van der Waals surface area contributed by atoms with Crippen molar-refractivity contribution in [2.75, 3.05) is 0 Å². The highest BCUT2D eigenvalue weighted by Crippen LogP contribution is 2.10. The molecule has 0 heterocycles. The molecule has 66 valence electrons. The van der Waals surface area contributed by atoms with Gasteiger partial charge < -0.3 is 10.8 Å². The number of halogens is 1. The van der Waals surface area contributed by atoms with Crippen LogP contribution in [0.3, 0.4) is 0 Å². The first-order chi connectivity index (χ1) is 4.83. The maximum Gasteiger partial charge on any atom is 0.320 e. The molecule has 5 N–H and O–H groups in total. The number of rotatable bonds is 4. The van der Waals surface area contributed by atoms with Crippen LogP contribution in [0, 0.1) is 0 Å². The summed E-state index contributed by atoms with van der Waals surface area (Å²) < 4.78 is 12.5. The molecule has 0 aromatic rings. The van der Waals surface area contributed by atoms with Crippen molar-refractivity contribution in [1.29, 1.82) is 0 Å². The van der Waals surface area contributed by atoms with Gasteiger partial charge in [0.15, 0.2) is 5.79 Å². The molecule has 0 aliphatic carbocycles. The van der Waals surface area contributed by atoms with E-state index >= 15 is 0 Å². The number of nitrogens with two attached hydrogens (primary N) is 2. The van der Waals surface area contributed by atoms with Crippen LogP contribution in [0.25, 0.3) is 0 Å². The van der Waals surface area contributed by atoms with Crippen LogP contribution in [0.1, 0.15) is 19.8 Å². The Hall–Kier alpha value is -0.680. The van der Waals surface area contributed by atoms with E-state index in [1.165, 1.54) is 6.92 Å². The zero-order valence-corrected chi connectivity index (χ0v) is 6.38. The quantitative estimate of drug-likeness (QED) is 0.503. The predicted molar refractivity (Wildman–Crippen MR) is 38.5 cm³/mol. The Kier molecular flexibility index (Phi) is 3.41. The third-order valence-electron chi connectivity index (χ3n) is 1.26. The van der Waals surface area contributed by atoms with Crippen molar-refractivity contribution in [3.05, 3.63) is 0 Å². The SMILES string of the molecule is C[C@](N)(F)CC[C@H](N)C(=O)O. The van der Waals surface area contributed by atoms with E-state index in [1.807, 2.05) is 0 Å². The summed E-state index contributed by atoms with van der Waals surface area (Å²) in [5.41, 5.74) is 10.1. The lowest BCUT2D eigenvalue weighted by atomic mass is 10.1. The largest absolute Gasteiger partial charge is 0.480 e. The normalized spacial score (nSPS) is 18.9. The molecule has 0 aliphatic heterocycles. The van der Waals surface area contributed by atoms with Crippen LogP contribution in [0.15, 0.2) is 0 Å². The van der Waals surface area contributed by atoms with Crippen LogP contribution in [0.5, 0.6) is 0 Å². The zero-order chi connectivity index (χ0) is 9.07. The van der Waals surface area contributed by atoms with Gasteiger partial charge in [0.25, 0.3) is 0 Å². The Bertz CT molecular complexity index is 144. The molecule has 5 heteroatoms. The van der Waals surface area contributed by atoms with Crippen molar-refractivity contribution in [2.45, 2.75) is 31.6 Å². The number of hydrogen-bond acceptors (Lipinski definition) is 3. The van der Waals surface area contributed by atoms with E-state index in [0.717, 1.165) is 0 Å². The second kappa shape index (κ2) is 3.64. The first kappa shape index (κ1) is 10.3. The average Bonchev–Trinajstić information content (AvgIpc) is 1.80. The maximum atomic E-state index is 12.5. The van der Waals surface area contributed by atoms with E-state index in [9.17, 15) is 9.18 Å². The predicted octanol–water partition coefficient (Wildman–Crippen LogP) is -0.177. The number of aliphatic carboxylic acids is 1. The minimum Gasteiger partial charge on any atom is -0.480 e. The Balaban J connectivity index is 3.63. The van der Waals surface area contributed by atoms with Gasteiger partial charge in [-0.25, -0.2) is 4.39 Å². The van der Waals surface area contributed by atoms with Gasteiger partial charge in [0.1, 0.15) is 6.04 Å². The van der Waals surface area contributed by atoms with Crippen molar-refractivity contribution in [1.82, 2.24) is 0 Å². The number of carbonyl (C=O) groups is 1. The first-order valence-corrected chi connectivity index (χ1v) is 3.29. The maximum absolute atomic E-state index is 12.5. The molecular weight excluding hydrogens is 151 g/mol. The van der Waals surface area contributed by atoms with Gasteiger partial charge in [-0.2, -0.15) is 0 Å². The molecule has 4 nitrogen and oxygen atoms in total. The van der Waals surface area contributed by atoms with Gasteiger partial charge in [-0.05, 0) is 19.8 Å². The monoisotopic (exact) mass is 164 g/mol. The molecule has 0 aromatic carbocycles. The van der Waals surface area contributed by atoms with Crippen molar-refractivity contribution in [3.63, 3.8) is 0 Å². The highest BCUT2D eigenvalue weighted by molar-refractivity contribution is 5.72. The van der Waals surface area contributed by atoms with Crippen LogP contribution in [0.4, 0.5) is 4.39 Å². The lowest BCUT2D eigenvalue weighted by Crippen LogP contribution is -2.36. The Morgan fingerprint density at radius 1 is 1.82 bits per heavy atom. The van der Waals surface area contributed by atoms with Gasteiger partial charge in [-0.3, -0.25) is 10.5 Å². The molecule has 2 atom stereocenters. The van der Waals surface area contributed by atoms with E-state index in [1.54, 1.807) is 0 Å². The summed E-state index contributed by atoms with van der Waals surface area (Å²) in [6.45, 7) is 1.18. The smallest absolute Gasteiger partial charge is 0.320 e. The fraction of sp³-hybridized carbons (Fsp3) is 0.833. The van der Waals surface area contributed by atoms with E-state index < -0.39 is 17.8 Å². The number of hydrogen-bond donors (Lipinski definition) is 3. The average molecular weight is 164 g/mol. The number of carboxylic acids is 1. The summed E-state index contributed by atoms with van der Waals surface area (Å²) in [6.07, 6.45) is 0.0132. The second-order valence-electron chi connectivity index (χ2n) is 2.76. The highest BCUT2D eigenvalue weighted by atomic mass is 19.1. The van der Waals surface area contributed by atoms with Crippen LogP contribution in [-0.2, 0) is 4.79 Å². The van der Waals surface area contributed by atoms with E-state index in [0.29, 0.717) is 0 Å². The molecule has 0 unspecified atom stereocenters. The summed E-state index contributed by atoms with van der Waals surface area (Å²) in [6, 6.07) is -1.02. The summed E-state index contributed by atoms with van der Waals surface area (Å²) in [4.78, 5) is 10.1. The minimum atomic E-state index is -1.83. The molecule has 0 aliphatic rings. The molecular formula is C6H13FN2O2. The van der Waals surface area contributed by atoms with Gasteiger partial charge in [-0.15, -0.1) is 0 Å². The topological polar surface area (TPSA) is 89.3 Å². The Labute approximate surface area is 64.4 Å². The van der Waals surface area contributed by atoms with Gasteiger partial charge in [0.05, 0.1) is 0 Å². The van der Waals surface area contributed by atoms with Crippen LogP contribution in [-0.4, -0.2) is 22.9 Å². The molecule has 0 radical (unpaired) electrons. The fourth-order valence-corrected chi connectivity index (χ4v) is 0.561. The highest BCUT2D eigenvalue weighted by Gasteiger charge is 2.20. The summed E-state index contributed by atoms with van der Waals surface area (Å²) in [5, 5.41) is 8.29. The summed E-state index contributed by atoms with van der Waals surface area (Å²) in [7, 11) is 0. The number of alkyl halides is 1. The van der Waals surface area contributed by atoms with Crippen molar-refractivity contribution < 1.29 is 14.3 Å². The summed E-state index contributed by atoms with van der Waals surface area (Å²) >= 11 is 0. The standard InChI is InChI=1S/C6H13FN2O2/c1-6(7,9)3-2-4(8)5(10)11/h4H,2-3,8-9H2,1H3,(H,10,11)/t4-,6+/m0/s1. The van der Waals surface area contributed by atoms with Crippen LogP contribution < -0.4 is 11.5 Å². The summed E-state index contributed by atoms with van der Waals surface area (Å²) in [5.74, 6) is -2.96. The molecule has 0 saturated heterocycles. The molecule has 0 saturated carbocycles. The molecule has 0 spiro atoms. The van der Waals surface area contributed by atoms with Gasteiger partial charge in [0.2, 0.25) is 0 Å². The molecule has 0 fully saturated rings. The van der Waals surface area contributed by atoms with E-state index in [4.69, 9.17) is 16.6 Å². The van der Waals surface area contributed by atoms with E-state index in [-0.39, 0.29) is 12.8 Å². The van der Waals surface area contributed by atoms with Crippen LogP contribution >= 0.6 is 0 Å². The minimum absolute atomic E-state index is 0.0412. The molecule has 0 bridgehead atoms. The molecule has 0 amide bonds. The zero-order valence-electron chi connectivity index (χ0n) is 6.38. The van der Waals surface area contributed by atoms with Gasteiger partial charge in [-0.1, -0.05) is 0 Å². The van der Waals surface area contributed by atoms with E-state index in [2.05, 4.69) is 0 Å². The first-order valence-electron chi connectivity index (χ1n) is 3.29. The number of carboxylic acid groups (broad SMARTS) is 1. The van der Waals surface area contributed by atoms with Crippen molar-refractivity contribution in [3.8, 4) is 0 Å². The van der Waals surface area contributed by atoms with Gasteiger partial charge >= 0.3 is 5.97 Å². The lowest BCUT2D eigenvalue weighted by molar-refractivity contribution is -0.138. The molecule has 11 heavy (non-hydrogen) atoms. The third kappa shape index (κ3) is 5.75. The third-order valence-corrected chi connectivity index (χ3v) is 1.26. The molecule has 0 rings (SSSR count). The van der Waals surface area contributed by atoms with Crippen LogP contribution in [0.2, 0.25) is 0 Å². The second-order valence-corrected chi connectivity index (χ2v) is 2.76. The Morgan fingerprint density at radius 2 is 2.27 bits per heavy atom. The fourth-order valence-electron chi connectivity index (χ4n) is 0.561. The lowest BCUT2D eigenvalue weighted by Gasteiger charge is -2.14. The van der Waals surface area contributed by atoms with Crippen molar-refractivity contribution >= 4 is 5.97 Å².